The van der Waals surface area contributed by atoms with Crippen LogP contribution < -0.4 is 0 Å². The smallest absolute Gasteiger partial charge is 0.139 e. The van der Waals surface area contributed by atoms with E-state index in [0.717, 1.165) is 35.1 Å². The van der Waals surface area contributed by atoms with Crippen LogP contribution in [0.4, 0.5) is 0 Å². The maximum atomic E-state index is 9.83. The number of nitrogens with zero attached hydrogens (tertiary/aromatic N) is 2. The number of benzene rings is 1. The first-order valence-electron chi connectivity index (χ1n) is 5.74. The van der Waals surface area contributed by atoms with Crippen molar-refractivity contribution < 1.29 is 5.11 Å². The lowest BCUT2D eigenvalue weighted by molar-refractivity contribution is 0.480. The van der Waals surface area contributed by atoms with Gasteiger partial charge in [-0.2, -0.15) is 10.2 Å². The largest absolute Gasteiger partial charge is 0.506 e. The van der Waals surface area contributed by atoms with Gasteiger partial charge in [0, 0.05) is 22.6 Å². The molecule has 2 aromatic rings. The summed E-state index contributed by atoms with van der Waals surface area (Å²) in [6.07, 6.45) is 3.03. The van der Waals surface area contributed by atoms with Gasteiger partial charge in [0.2, 0.25) is 0 Å². The Morgan fingerprint density at radius 2 is 2.29 bits per heavy atom. The van der Waals surface area contributed by atoms with Gasteiger partial charge in [0.1, 0.15) is 5.75 Å². The van der Waals surface area contributed by atoms with Crippen LogP contribution >= 0.6 is 0 Å². The van der Waals surface area contributed by atoms with Gasteiger partial charge in [0.25, 0.3) is 0 Å². The van der Waals surface area contributed by atoms with Gasteiger partial charge in [-0.3, -0.25) is 0 Å². The van der Waals surface area contributed by atoms with E-state index >= 15 is 0 Å². The molecule has 4 heteroatoms. The van der Waals surface area contributed by atoms with E-state index in [9.17, 15) is 5.11 Å². The van der Waals surface area contributed by atoms with Gasteiger partial charge in [0.05, 0.1) is 17.8 Å². The van der Waals surface area contributed by atoms with Crippen molar-refractivity contribution in [2.24, 2.45) is 16.1 Å². The number of aromatic hydroxyl groups is 1. The molecule has 4 rings (SSSR count). The molecule has 2 N–H and O–H groups in total. The number of azo groups is 1. The van der Waals surface area contributed by atoms with Gasteiger partial charge in [-0.05, 0) is 18.6 Å². The number of phenols is 1. The number of aromatic nitrogens is 1. The van der Waals surface area contributed by atoms with Gasteiger partial charge < -0.3 is 10.1 Å². The second-order valence-electron chi connectivity index (χ2n) is 4.61. The monoisotopic (exact) mass is 225 g/mol. The van der Waals surface area contributed by atoms with E-state index in [0.29, 0.717) is 11.7 Å². The van der Waals surface area contributed by atoms with Crippen LogP contribution in [-0.2, 0) is 6.42 Å². The topological polar surface area (TPSA) is 60.7 Å². The number of hydrogen-bond donors (Lipinski definition) is 2. The summed E-state index contributed by atoms with van der Waals surface area (Å²) in [5.74, 6) is 0.722. The number of nitrogens with one attached hydrogen (secondary N) is 1. The standard InChI is InChI=1S/C13H11N3O/c17-12-3-1-2-8-9-5-10-7(6-14-16-10)4-11(9)15-13(8)12/h1-3,5,7,15,17H,4,6H2. The fraction of sp³-hybridized carbons (Fsp3) is 0.231. The Balaban J connectivity index is 2.04. The van der Waals surface area contributed by atoms with Crippen molar-refractivity contribution in [2.75, 3.05) is 6.54 Å². The molecule has 0 radical (unpaired) electrons. The molecule has 1 aromatic carbocycles. The third kappa shape index (κ3) is 1.12. The number of para-hydroxylation sites is 1. The predicted octanol–water partition coefficient (Wildman–Crippen LogP) is 2.85. The van der Waals surface area contributed by atoms with Crippen molar-refractivity contribution in [3.05, 3.63) is 35.2 Å². The summed E-state index contributed by atoms with van der Waals surface area (Å²) in [7, 11) is 0. The molecule has 84 valence electrons. The van der Waals surface area contributed by atoms with E-state index in [1.807, 2.05) is 12.1 Å². The molecule has 1 aliphatic carbocycles. The van der Waals surface area contributed by atoms with Gasteiger partial charge >= 0.3 is 0 Å². The summed E-state index contributed by atoms with van der Waals surface area (Å²) < 4.78 is 0. The Morgan fingerprint density at radius 1 is 1.35 bits per heavy atom. The Kier molecular flexibility index (Phi) is 1.57. The lowest BCUT2D eigenvalue weighted by Crippen LogP contribution is -2.10. The first-order valence-corrected chi connectivity index (χ1v) is 5.74. The minimum atomic E-state index is 0.307. The molecule has 1 unspecified atom stereocenters. The van der Waals surface area contributed by atoms with Crippen LogP contribution in [0, 0.1) is 5.92 Å². The summed E-state index contributed by atoms with van der Waals surface area (Å²) in [5, 5.41) is 19.1. The van der Waals surface area contributed by atoms with Gasteiger partial charge in [0.15, 0.2) is 0 Å². The van der Waals surface area contributed by atoms with Crippen LogP contribution in [0.15, 0.2) is 34.1 Å². The average molecular weight is 225 g/mol. The lowest BCUT2D eigenvalue weighted by Gasteiger charge is -2.14. The molecule has 1 aliphatic heterocycles. The number of aromatic amines is 1. The molecule has 2 aliphatic rings. The number of rotatable bonds is 0. The molecule has 1 aromatic heterocycles. The predicted molar refractivity (Wildman–Crippen MR) is 64.9 cm³/mol. The summed E-state index contributed by atoms with van der Waals surface area (Å²) >= 11 is 0. The highest BCUT2D eigenvalue weighted by Gasteiger charge is 2.27. The summed E-state index contributed by atoms with van der Waals surface area (Å²) in [4.78, 5) is 3.32. The molecule has 0 saturated carbocycles. The van der Waals surface area contributed by atoms with Crippen molar-refractivity contribution in [1.82, 2.24) is 4.98 Å². The normalized spacial score (nSPS) is 21.4. The first-order chi connectivity index (χ1) is 8.33. The van der Waals surface area contributed by atoms with Gasteiger partial charge in [-0.15, -0.1) is 0 Å². The van der Waals surface area contributed by atoms with Crippen LogP contribution in [0.25, 0.3) is 17.0 Å². The van der Waals surface area contributed by atoms with Crippen molar-refractivity contribution >= 4 is 17.0 Å². The maximum Gasteiger partial charge on any atom is 0.139 e. The third-order valence-corrected chi connectivity index (χ3v) is 3.58. The highest BCUT2D eigenvalue weighted by molar-refractivity contribution is 5.95. The Hall–Kier alpha value is -2.10. The fourth-order valence-electron chi connectivity index (χ4n) is 2.71. The van der Waals surface area contributed by atoms with E-state index in [1.165, 1.54) is 5.69 Å². The second-order valence-corrected chi connectivity index (χ2v) is 4.61. The lowest BCUT2D eigenvalue weighted by atomic mass is 9.91. The molecule has 4 nitrogen and oxygen atoms in total. The van der Waals surface area contributed by atoms with Crippen LogP contribution in [0.2, 0.25) is 0 Å². The highest BCUT2D eigenvalue weighted by atomic mass is 16.3. The number of fused-ring (bicyclic) bond motifs is 4. The minimum absolute atomic E-state index is 0.307. The van der Waals surface area contributed by atoms with Crippen LogP contribution in [0.3, 0.4) is 0 Å². The molecule has 0 amide bonds. The van der Waals surface area contributed by atoms with Gasteiger partial charge in [-0.25, -0.2) is 0 Å². The Bertz CT molecular complexity index is 681. The zero-order valence-corrected chi connectivity index (χ0v) is 9.14. The van der Waals surface area contributed by atoms with E-state index in [4.69, 9.17) is 0 Å². The minimum Gasteiger partial charge on any atom is -0.506 e. The van der Waals surface area contributed by atoms with E-state index in [-0.39, 0.29) is 0 Å². The first kappa shape index (κ1) is 8.98. The van der Waals surface area contributed by atoms with E-state index < -0.39 is 0 Å². The molecular formula is C13H11N3O. The Morgan fingerprint density at radius 3 is 3.24 bits per heavy atom. The second kappa shape index (κ2) is 2.97. The van der Waals surface area contributed by atoms with Crippen molar-refractivity contribution in [3.8, 4) is 5.75 Å². The molecule has 17 heavy (non-hydrogen) atoms. The molecule has 0 bridgehead atoms. The quantitative estimate of drug-likeness (QED) is 0.711. The molecular weight excluding hydrogens is 214 g/mol. The average Bonchev–Trinajstić information content (AvgIpc) is 2.90. The maximum absolute atomic E-state index is 9.83. The zero-order valence-electron chi connectivity index (χ0n) is 9.14. The number of H-pyrrole nitrogens is 1. The van der Waals surface area contributed by atoms with Crippen molar-refractivity contribution in [1.29, 1.82) is 0 Å². The van der Waals surface area contributed by atoms with Crippen LogP contribution in [0.1, 0.15) is 11.3 Å². The molecule has 2 heterocycles. The summed E-state index contributed by atoms with van der Waals surface area (Å²) in [5.41, 5.74) is 4.23. The molecule has 0 spiro atoms. The molecule has 1 atom stereocenters. The third-order valence-electron chi connectivity index (χ3n) is 3.58. The number of hydrogen-bond acceptors (Lipinski definition) is 3. The van der Waals surface area contributed by atoms with E-state index in [2.05, 4.69) is 21.3 Å². The summed E-state index contributed by atoms with van der Waals surface area (Å²) in [6, 6.07) is 5.60. The fourth-order valence-corrected chi connectivity index (χ4v) is 2.71. The van der Waals surface area contributed by atoms with Crippen LogP contribution in [-0.4, -0.2) is 16.6 Å². The molecule has 0 saturated heterocycles. The number of phenolic OH excluding ortho intramolecular Hbond substituents is 1. The summed E-state index contributed by atoms with van der Waals surface area (Å²) in [6.45, 7) is 0.784. The highest BCUT2D eigenvalue weighted by Crippen LogP contribution is 2.38. The molecule has 0 fully saturated rings. The SMILES string of the molecule is Oc1cccc2c3c([nH]c12)CC1CN=NC1=C3. The zero-order chi connectivity index (χ0) is 11.4. The Labute approximate surface area is 97.7 Å². The van der Waals surface area contributed by atoms with Crippen molar-refractivity contribution in [2.45, 2.75) is 6.42 Å². The van der Waals surface area contributed by atoms with Gasteiger partial charge in [-0.1, -0.05) is 12.1 Å². The van der Waals surface area contributed by atoms with Crippen molar-refractivity contribution in [3.63, 3.8) is 0 Å². The van der Waals surface area contributed by atoms with E-state index in [1.54, 1.807) is 6.07 Å². The van der Waals surface area contributed by atoms with Crippen LogP contribution in [0.5, 0.6) is 5.75 Å².